The SMILES string of the molecule is C=CC(=O)N1CCC(C(=O)NCc2ccc(C(=O)OC)nc2)(c2ccccc2)CC1. The molecule has 2 heterocycles. The Morgan fingerprint density at radius 2 is 1.87 bits per heavy atom. The Balaban J connectivity index is 1.74. The number of hydrogen-bond donors (Lipinski definition) is 1. The van der Waals surface area contributed by atoms with Gasteiger partial charge in [0, 0.05) is 25.8 Å². The van der Waals surface area contributed by atoms with Crippen LogP contribution in [0.15, 0.2) is 61.3 Å². The quantitative estimate of drug-likeness (QED) is 0.586. The summed E-state index contributed by atoms with van der Waals surface area (Å²) in [5.41, 5.74) is 1.22. The van der Waals surface area contributed by atoms with Crippen molar-refractivity contribution in [3.05, 3.63) is 78.1 Å². The molecule has 1 saturated heterocycles. The van der Waals surface area contributed by atoms with Crippen LogP contribution >= 0.6 is 0 Å². The van der Waals surface area contributed by atoms with E-state index in [-0.39, 0.29) is 24.1 Å². The smallest absolute Gasteiger partial charge is 0.356 e. The molecule has 1 aromatic carbocycles. The number of benzene rings is 1. The molecule has 156 valence electrons. The number of rotatable bonds is 6. The van der Waals surface area contributed by atoms with Crippen LogP contribution in [0.25, 0.3) is 0 Å². The molecule has 7 heteroatoms. The van der Waals surface area contributed by atoms with Gasteiger partial charge in [0.2, 0.25) is 11.8 Å². The number of amides is 2. The number of esters is 1. The fourth-order valence-electron chi connectivity index (χ4n) is 3.75. The lowest BCUT2D eigenvalue weighted by Gasteiger charge is -2.40. The summed E-state index contributed by atoms with van der Waals surface area (Å²) in [7, 11) is 1.30. The van der Waals surface area contributed by atoms with Crippen LogP contribution in [-0.2, 0) is 26.3 Å². The molecule has 1 fully saturated rings. The molecule has 0 radical (unpaired) electrons. The third kappa shape index (κ3) is 4.40. The molecule has 0 saturated carbocycles. The molecule has 0 unspecified atom stereocenters. The van der Waals surface area contributed by atoms with Gasteiger partial charge >= 0.3 is 5.97 Å². The first-order valence-corrected chi connectivity index (χ1v) is 9.78. The van der Waals surface area contributed by atoms with E-state index in [2.05, 4.69) is 21.6 Å². The first kappa shape index (κ1) is 21.2. The van der Waals surface area contributed by atoms with Crippen molar-refractivity contribution in [1.82, 2.24) is 15.2 Å². The van der Waals surface area contributed by atoms with Gasteiger partial charge in [0.05, 0.1) is 12.5 Å². The molecule has 0 atom stereocenters. The van der Waals surface area contributed by atoms with Gasteiger partial charge in [0.15, 0.2) is 0 Å². The van der Waals surface area contributed by atoms with Gasteiger partial charge in [-0.1, -0.05) is 43.0 Å². The van der Waals surface area contributed by atoms with Crippen molar-refractivity contribution in [2.75, 3.05) is 20.2 Å². The first-order valence-electron chi connectivity index (χ1n) is 9.78. The number of nitrogens with one attached hydrogen (secondary N) is 1. The van der Waals surface area contributed by atoms with Crippen molar-refractivity contribution in [2.45, 2.75) is 24.8 Å². The topological polar surface area (TPSA) is 88.6 Å². The van der Waals surface area contributed by atoms with Crippen LogP contribution in [0, 0.1) is 0 Å². The molecule has 0 bridgehead atoms. The minimum atomic E-state index is -0.710. The second-order valence-corrected chi connectivity index (χ2v) is 7.20. The van der Waals surface area contributed by atoms with Crippen LogP contribution in [0.2, 0.25) is 0 Å². The lowest BCUT2D eigenvalue weighted by Crippen LogP contribution is -2.52. The van der Waals surface area contributed by atoms with Gasteiger partial charge in [-0.2, -0.15) is 0 Å². The van der Waals surface area contributed by atoms with Gasteiger partial charge in [0.25, 0.3) is 0 Å². The lowest BCUT2D eigenvalue weighted by atomic mass is 9.72. The number of nitrogens with zero attached hydrogens (tertiary/aromatic N) is 2. The number of aromatic nitrogens is 1. The van der Waals surface area contributed by atoms with Gasteiger partial charge in [-0.15, -0.1) is 0 Å². The molecule has 30 heavy (non-hydrogen) atoms. The number of pyridine rings is 1. The predicted octanol–water partition coefficient (Wildman–Crippen LogP) is 2.23. The Hall–Kier alpha value is -3.48. The third-order valence-corrected chi connectivity index (χ3v) is 5.54. The van der Waals surface area contributed by atoms with Crippen molar-refractivity contribution in [3.8, 4) is 0 Å². The van der Waals surface area contributed by atoms with Crippen LogP contribution in [0.4, 0.5) is 0 Å². The minimum absolute atomic E-state index is 0.0866. The van der Waals surface area contributed by atoms with Crippen LogP contribution in [0.1, 0.15) is 34.5 Å². The Morgan fingerprint density at radius 3 is 2.43 bits per heavy atom. The van der Waals surface area contributed by atoms with E-state index in [9.17, 15) is 14.4 Å². The second-order valence-electron chi connectivity index (χ2n) is 7.20. The van der Waals surface area contributed by atoms with Crippen LogP contribution in [0.5, 0.6) is 0 Å². The average Bonchev–Trinajstić information content (AvgIpc) is 2.82. The number of ether oxygens (including phenoxy) is 1. The van der Waals surface area contributed by atoms with Crippen molar-refractivity contribution in [2.24, 2.45) is 0 Å². The number of hydrogen-bond acceptors (Lipinski definition) is 5. The molecule has 1 aliphatic rings. The van der Waals surface area contributed by atoms with Crippen LogP contribution < -0.4 is 5.32 Å². The van der Waals surface area contributed by atoms with E-state index in [0.717, 1.165) is 11.1 Å². The average molecular weight is 407 g/mol. The van der Waals surface area contributed by atoms with Crippen molar-refractivity contribution < 1.29 is 19.1 Å². The van der Waals surface area contributed by atoms with E-state index in [0.29, 0.717) is 25.9 Å². The van der Waals surface area contributed by atoms with Crippen molar-refractivity contribution >= 4 is 17.8 Å². The van der Waals surface area contributed by atoms with Gasteiger partial charge in [-0.3, -0.25) is 9.59 Å². The highest BCUT2D eigenvalue weighted by Gasteiger charge is 2.43. The monoisotopic (exact) mass is 407 g/mol. The highest BCUT2D eigenvalue weighted by molar-refractivity contribution is 5.90. The molecule has 0 spiro atoms. The number of carbonyl (C=O) groups is 3. The highest BCUT2D eigenvalue weighted by atomic mass is 16.5. The van der Waals surface area contributed by atoms with Crippen LogP contribution in [-0.4, -0.2) is 47.9 Å². The summed E-state index contributed by atoms with van der Waals surface area (Å²) in [6.45, 7) is 4.81. The number of methoxy groups -OCH3 is 1. The molecule has 7 nitrogen and oxygen atoms in total. The maximum atomic E-state index is 13.3. The Bertz CT molecular complexity index is 917. The van der Waals surface area contributed by atoms with E-state index in [4.69, 9.17) is 0 Å². The summed E-state index contributed by atoms with van der Waals surface area (Å²) >= 11 is 0. The molecular formula is C23H25N3O4. The second kappa shape index (κ2) is 9.35. The summed E-state index contributed by atoms with van der Waals surface area (Å²) in [4.78, 5) is 42.6. The number of carbonyl (C=O) groups excluding carboxylic acids is 3. The third-order valence-electron chi connectivity index (χ3n) is 5.54. The first-order chi connectivity index (χ1) is 14.5. The maximum Gasteiger partial charge on any atom is 0.356 e. The fraction of sp³-hybridized carbons (Fsp3) is 0.304. The van der Waals surface area contributed by atoms with E-state index in [1.807, 2.05) is 30.3 Å². The van der Waals surface area contributed by atoms with E-state index < -0.39 is 11.4 Å². The zero-order valence-electron chi connectivity index (χ0n) is 17.0. The predicted molar refractivity (Wildman–Crippen MR) is 112 cm³/mol. The van der Waals surface area contributed by atoms with Gasteiger partial charge in [-0.25, -0.2) is 9.78 Å². The van der Waals surface area contributed by atoms with Gasteiger partial charge < -0.3 is 15.0 Å². The molecule has 1 aliphatic heterocycles. The molecule has 2 amide bonds. The summed E-state index contributed by atoms with van der Waals surface area (Å²) in [5, 5.41) is 3.01. The minimum Gasteiger partial charge on any atom is -0.464 e. The zero-order valence-corrected chi connectivity index (χ0v) is 17.0. The number of piperidine rings is 1. The molecule has 2 aromatic rings. The normalized spacial score (nSPS) is 15.2. The lowest BCUT2D eigenvalue weighted by molar-refractivity contribution is -0.134. The van der Waals surface area contributed by atoms with Crippen LogP contribution in [0.3, 0.4) is 0 Å². The van der Waals surface area contributed by atoms with Gasteiger partial charge in [-0.05, 0) is 36.1 Å². The summed E-state index contributed by atoms with van der Waals surface area (Å²) < 4.78 is 4.64. The summed E-state index contributed by atoms with van der Waals surface area (Å²) in [6.07, 6.45) is 3.91. The Kier molecular flexibility index (Phi) is 6.61. The largest absolute Gasteiger partial charge is 0.464 e. The fourth-order valence-corrected chi connectivity index (χ4v) is 3.75. The molecular weight excluding hydrogens is 382 g/mol. The van der Waals surface area contributed by atoms with E-state index >= 15 is 0 Å². The van der Waals surface area contributed by atoms with Crippen molar-refractivity contribution in [3.63, 3.8) is 0 Å². The highest BCUT2D eigenvalue weighted by Crippen LogP contribution is 2.36. The standard InChI is InChI=1S/C23H25N3O4/c1-3-20(27)26-13-11-23(12-14-26,18-7-5-4-6-8-18)22(29)25-16-17-9-10-19(24-15-17)21(28)30-2/h3-10,15H,1,11-14,16H2,2H3,(H,25,29). The molecule has 0 aliphatic carbocycles. The van der Waals surface area contributed by atoms with E-state index in [1.54, 1.807) is 23.2 Å². The Labute approximate surface area is 175 Å². The molecule has 1 N–H and O–H groups in total. The zero-order chi connectivity index (χ0) is 21.6. The molecule has 3 rings (SSSR count). The molecule has 1 aromatic heterocycles. The van der Waals surface area contributed by atoms with Gasteiger partial charge in [0.1, 0.15) is 5.69 Å². The Morgan fingerprint density at radius 1 is 1.17 bits per heavy atom. The summed E-state index contributed by atoms with van der Waals surface area (Å²) in [5.74, 6) is -0.709. The maximum absolute atomic E-state index is 13.3. The van der Waals surface area contributed by atoms with E-state index in [1.165, 1.54) is 13.2 Å². The summed E-state index contributed by atoms with van der Waals surface area (Å²) in [6, 6.07) is 13.0. The number of likely N-dealkylation sites (tertiary alicyclic amines) is 1. The van der Waals surface area contributed by atoms with Crippen molar-refractivity contribution in [1.29, 1.82) is 0 Å².